The summed E-state index contributed by atoms with van der Waals surface area (Å²) in [5, 5.41) is 3.00. The van der Waals surface area contributed by atoms with E-state index < -0.39 is 0 Å². The highest BCUT2D eigenvalue weighted by molar-refractivity contribution is 5.62. The minimum absolute atomic E-state index is 0.855. The predicted octanol–water partition coefficient (Wildman–Crippen LogP) is 3.21. The lowest BCUT2D eigenvalue weighted by molar-refractivity contribution is 1.27. The maximum absolute atomic E-state index is 4.27. The Kier molecular flexibility index (Phi) is 4.99. The van der Waals surface area contributed by atoms with Crippen molar-refractivity contribution in [3.8, 4) is 11.3 Å². The number of nitrogens with one attached hydrogen (secondary N) is 1. The fourth-order valence-electron chi connectivity index (χ4n) is 1.26. The monoisotopic (exact) mass is 215 g/mol. The van der Waals surface area contributed by atoms with Crippen LogP contribution in [-0.2, 0) is 0 Å². The number of nitrogens with zero attached hydrogens (tertiary/aromatic N) is 2. The molecule has 84 valence electrons. The number of pyridine rings is 2. The van der Waals surface area contributed by atoms with E-state index in [1.54, 1.807) is 12.4 Å². The Hall–Kier alpha value is -1.90. The quantitative estimate of drug-likeness (QED) is 0.835. The molecule has 0 radical (unpaired) electrons. The third-order valence-corrected chi connectivity index (χ3v) is 1.98. The van der Waals surface area contributed by atoms with Crippen LogP contribution in [0, 0.1) is 0 Å². The van der Waals surface area contributed by atoms with Crippen LogP contribution in [-0.4, -0.2) is 17.0 Å². The van der Waals surface area contributed by atoms with Gasteiger partial charge in [-0.2, -0.15) is 0 Å². The van der Waals surface area contributed by atoms with E-state index in [1.807, 2.05) is 51.2 Å². The van der Waals surface area contributed by atoms with Gasteiger partial charge in [-0.05, 0) is 24.3 Å². The molecule has 0 aliphatic carbocycles. The first kappa shape index (κ1) is 12.2. The molecule has 0 atom stereocenters. The third-order valence-electron chi connectivity index (χ3n) is 1.98. The molecule has 2 heterocycles. The van der Waals surface area contributed by atoms with Crippen LogP contribution in [0.3, 0.4) is 0 Å². The second kappa shape index (κ2) is 6.56. The van der Waals surface area contributed by atoms with Gasteiger partial charge in [0.25, 0.3) is 0 Å². The van der Waals surface area contributed by atoms with Crippen LogP contribution in [0.25, 0.3) is 11.3 Å². The van der Waals surface area contributed by atoms with Crippen molar-refractivity contribution < 1.29 is 0 Å². The van der Waals surface area contributed by atoms with Gasteiger partial charge in [0, 0.05) is 25.0 Å². The molecule has 0 amide bonds. The van der Waals surface area contributed by atoms with Crippen LogP contribution in [0.15, 0.2) is 42.7 Å². The summed E-state index contributed by atoms with van der Waals surface area (Å²) in [5.41, 5.74) is 2.04. The van der Waals surface area contributed by atoms with Crippen molar-refractivity contribution in [1.29, 1.82) is 0 Å². The van der Waals surface area contributed by atoms with Crippen LogP contribution < -0.4 is 5.32 Å². The molecule has 0 aliphatic heterocycles. The number of hydrogen-bond acceptors (Lipinski definition) is 3. The summed E-state index contributed by atoms with van der Waals surface area (Å²) in [7, 11) is 1.85. The van der Waals surface area contributed by atoms with Crippen LogP contribution >= 0.6 is 0 Å². The molecule has 0 bridgehead atoms. The molecule has 2 aromatic heterocycles. The Bertz CT molecular complexity index is 413. The van der Waals surface area contributed by atoms with Crippen molar-refractivity contribution in [2.24, 2.45) is 0 Å². The van der Waals surface area contributed by atoms with E-state index in [1.165, 1.54) is 0 Å². The first-order valence-corrected chi connectivity index (χ1v) is 5.45. The van der Waals surface area contributed by atoms with E-state index in [4.69, 9.17) is 0 Å². The maximum atomic E-state index is 4.27. The van der Waals surface area contributed by atoms with E-state index in [0.717, 1.165) is 17.1 Å². The van der Waals surface area contributed by atoms with Gasteiger partial charge in [-0.3, -0.25) is 4.98 Å². The molecule has 2 rings (SSSR count). The maximum Gasteiger partial charge on any atom is 0.126 e. The molecule has 1 N–H and O–H groups in total. The summed E-state index contributed by atoms with van der Waals surface area (Å²) in [4.78, 5) is 8.41. The topological polar surface area (TPSA) is 37.8 Å². The molecule has 0 saturated heterocycles. The number of anilines is 1. The smallest absolute Gasteiger partial charge is 0.126 e. The first-order valence-electron chi connectivity index (χ1n) is 5.45. The van der Waals surface area contributed by atoms with Crippen LogP contribution in [0.1, 0.15) is 13.8 Å². The van der Waals surface area contributed by atoms with Gasteiger partial charge in [-0.25, -0.2) is 4.98 Å². The van der Waals surface area contributed by atoms with Crippen molar-refractivity contribution in [2.75, 3.05) is 12.4 Å². The van der Waals surface area contributed by atoms with Crippen LogP contribution in [0.5, 0.6) is 0 Å². The van der Waals surface area contributed by atoms with E-state index in [-0.39, 0.29) is 0 Å². The lowest BCUT2D eigenvalue weighted by Gasteiger charge is -2.02. The molecule has 2 aromatic rings. The van der Waals surface area contributed by atoms with Crippen molar-refractivity contribution in [2.45, 2.75) is 13.8 Å². The van der Waals surface area contributed by atoms with E-state index >= 15 is 0 Å². The molecule has 0 unspecified atom stereocenters. The largest absolute Gasteiger partial charge is 0.373 e. The van der Waals surface area contributed by atoms with Crippen LogP contribution in [0.4, 0.5) is 5.82 Å². The molecule has 3 heteroatoms. The Morgan fingerprint density at radius 1 is 1.00 bits per heavy atom. The molecule has 0 saturated carbocycles. The average Bonchev–Trinajstić information content (AvgIpc) is 2.42. The molecule has 0 aliphatic rings. The highest BCUT2D eigenvalue weighted by Gasteiger charge is 1.98. The summed E-state index contributed by atoms with van der Waals surface area (Å²) in [6.45, 7) is 4.00. The van der Waals surface area contributed by atoms with Gasteiger partial charge in [-0.15, -0.1) is 0 Å². The average molecular weight is 215 g/mol. The van der Waals surface area contributed by atoms with Crippen molar-refractivity contribution >= 4 is 5.82 Å². The predicted molar refractivity (Wildman–Crippen MR) is 68.4 cm³/mol. The minimum Gasteiger partial charge on any atom is -0.373 e. The fourth-order valence-corrected chi connectivity index (χ4v) is 1.26. The van der Waals surface area contributed by atoms with E-state index in [9.17, 15) is 0 Å². The Balaban J connectivity index is 0.000000606. The summed E-state index contributed by atoms with van der Waals surface area (Å²) < 4.78 is 0. The second-order valence-electron chi connectivity index (χ2n) is 2.89. The second-order valence-corrected chi connectivity index (χ2v) is 2.89. The first-order chi connectivity index (χ1) is 7.90. The zero-order chi connectivity index (χ0) is 11.8. The van der Waals surface area contributed by atoms with E-state index in [2.05, 4.69) is 15.3 Å². The van der Waals surface area contributed by atoms with Crippen molar-refractivity contribution in [3.63, 3.8) is 0 Å². The fraction of sp³-hybridized carbons (Fsp3) is 0.231. The number of aromatic nitrogens is 2. The van der Waals surface area contributed by atoms with Gasteiger partial charge in [0.15, 0.2) is 0 Å². The SMILES string of the molecule is CC.CNc1cc(-c2ccccn2)ccn1. The van der Waals surface area contributed by atoms with Gasteiger partial charge in [-0.1, -0.05) is 19.9 Å². The lowest BCUT2D eigenvalue weighted by Crippen LogP contribution is -1.92. The molecular formula is C13H17N3. The Labute approximate surface area is 96.6 Å². The summed E-state index contributed by atoms with van der Waals surface area (Å²) in [5.74, 6) is 0.855. The Morgan fingerprint density at radius 2 is 1.81 bits per heavy atom. The molecule has 0 spiro atoms. The standard InChI is InChI=1S/C11H11N3.C2H6/c1-12-11-8-9(5-7-14-11)10-4-2-3-6-13-10;1-2/h2-8H,1H3,(H,12,14);1-2H3. The molecule has 16 heavy (non-hydrogen) atoms. The number of hydrogen-bond donors (Lipinski definition) is 1. The molecule has 0 fully saturated rings. The van der Waals surface area contributed by atoms with Crippen molar-refractivity contribution in [3.05, 3.63) is 42.7 Å². The van der Waals surface area contributed by atoms with Gasteiger partial charge in [0.1, 0.15) is 5.82 Å². The molecule has 0 aromatic carbocycles. The van der Waals surface area contributed by atoms with Gasteiger partial charge < -0.3 is 5.32 Å². The zero-order valence-corrected chi connectivity index (χ0v) is 9.94. The molecule has 3 nitrogen and oxygen atoms in total. The van der Waals surface area contributed by atoms with Gasteiger partial charge in [0.2, 0.25) is 0 Å². The summed E-state index contributed by atoms with van der Waals surface area (Å²) in [6.07, 6.45) is 3.56. The zero-order valence-electron chi connectivity index (χ0n) is 9.94. The molecular weight excluding hydrogens is 198 g/mol. The third kappa shape index (κ3) is 3.05. The Morgan fingerprint density at radius 3 is 2.44 bits per heavy atom. The highest BCUT2D eigenvalue weighted by Crippen LogP contribution is 2.17. The van der Waals surface area contributed by atoms with Crippen molar-refractivity contribution in [1.82, 2.24) is 9.97 Å². The number of rotatable bonds is 2. The summed E-state index contributed by atoms with van der Waals surface area (Å²) >= 11 is 0. The van der Waals surface area contributed by atoms with Gasteiger partial charge in [0.05, 0.1) is 5.69 Å². The van der Waals surface area contributed by atoms with Crippen LogP contribution in [0.2, 0.25) is 0 Å². The highest BCUT2D eigenvalue weighted by atomic mass is 14.9. The normalized spacial score (nSPS) is 8.94. The van der Waals surface area contributed by atoms with E-state index in [0.29, 0.717) is 0 Å². The summed E-state index contributed by atoms with van der Waals surface area (Å²) in [6, 6.07) is 9.78. The van der Waals surface area contributed by atoms with Gasteiger partial charge >= 0.3 is 0 Å². The lowest BCUT2D eigenvalue weighted by atomic mass is 10.2. The minimum atomic E-state index is 0.855.